The highest BCUT2D eigenvalue weighted by Gasteiger charge is 2.26. The van der Waals surface area contributed by atoms with Crippen LogP contribution < -0.4 is 0 Å². The van der Waals surface area contributed by atoms with Crippen LogP contribution in [-0.2, 0) is 5.41 Å². The van der Waals surface area contributed by atoms with Crippen LogP contribution >= 0.6 is 0 Å². The van der Waals surface area contributed by atoms with Crippen molar-refractivity contribution in [3.8, 4) is 34.3 Å². The second-order valence-corrected chi connectivity index (χ2v) is 17.5. The van der Waals surface area contributed by atoms with Crippen LogP contribution in [-0.4, -0.2) is 9.55 Å². The van der Waals surface area contributed by atoms with E-state index in [0.29, 0.717) is 5.56 Å². The molecule has 0 amide bonds. The van der Waals surface area contributed by atoms with E-state index in [-0.39, 0.29) is 17.3 Å². The van der Waals surface area contributed by atoms with E-state index in [0.717, 1.165) is 60.5 Å². The molecule has 4 nitrogen and oxygen atoms in total. The third kappa shape index (κ3) is 5.60. The van der Waals surface area contributed by atoms with Gasteiger partial charge in [0.1, 0.15) is 17.0 Å². The number of furan rings is 1. The minimum atomic E-state index is 0.0817. The van der Waals surface area contributed by atoms with Crippen molar-refractivity contribution < 1.29 is 4.42 Å². The van der Waals surface area contributed by atoms with Crippen LogP contribution in [0.15, 0.2) is 138 Å². The normalized spacial score (nSPS) is 12.3. The summed E-state index contributed by atoms with van der Waals surface area (Å²) in [5.74, 6) is 1.28. The van der Waals surface area contributed by atoms with Crippen LogP contribution in [0.25, 0.3) is 93.5 Å². The van der Waals surface area contributed by atoms with E-state index >= 15 is 0 Å². The van der Waals surface area contributed by atoms with Gasteiger partial charge in [-0.2, -0.15) is 5.26 Å². The van der Waals surface area contributed by atoms with Crippen molar-refractivity contribution >= 4 is 65.3 Å². The van der Waals surface area contributed by atoms with Crippen LogP contribution in [0, 0.1) is 11.3 Å². The molecule has 10 aromatic rings. The largest absolute Gasteiger partial charge is 0.455 e. The maximum absolute atomic E-state index is 9.79. The lowest BCUT2D eigenvalue weighted by Gasteiger charge is -2.25. The van der Waals surface area contributed by atoms with Crippen molar-refractivity contribution in [3.05, 3.63) is 156 Å². The second-order valence-electron chi connectivity index (χ2n) is 17.5. The van der Waals surface area contributed by atoms with Crippen molar-refractivity contribution in [3.63, 3.8) is 0 Å². The summed E-state index contributed by atoms with van der Waals surface area (Å²) in [5.41, 5.74) is 12.7. The molecule has 0 N–H and O–H groups in total. The monoisotopic (exact) mass is 751 g/mol. The lowest BCUT2D eigenvalue weighted by atomic mass is 9.85. The lowest BCUT2D eigenvalue weighted by molar-refractivity contribution is 0.590. The molecule has 0 atom stereocenters. The van der Waals surface area contributed by atoms with Gasteiger partial charge in [-0.05, 0) is 121 Å². The Balaban J connectivity index is 1.32. The lowest BCUT2D eigenvalue weighted by Crippen LogP contribution is -2.11. The molecule has 0 unspecified atom stereocenters. The molecule has 0 aliphatic carbocycles. The smallest absolute Gasteiger partial charge is 0.149 e. The van der Waals surface area contributed by atoms with Crippen LogP contribution in [0.3, 0.4) is 0 Å². The predicted molar refractivity (Wildman–Crippen MR) is 243 cm³/mol. The predicted octanol–water partition coefficient (Wildman–Crippen LogP) is 15.1. The summed E-state index contributed by atoms with van der Waals surface area (Å²) in [6.45, 7) is 16.0. The maximum atomic E-state index is 9.79. The van der Waals surface area contributed by atoms with Gasteiger partial charge in [0.05, 0.1) is 33.9 Å². The highest BCUT2D eigenvalue weighted by Crippen LogP contribution is 2.44. The zero-order valence-electron chi connectivity index (χ0n) is 34.1. The van der Waals surface area contributed by atoms with Crippen molar-refractivity contribution in [1.82, 2.24) is 9.55 Å². The molecule has 8 aromatic carbocycles. The van der Waals surface area contributed by atoms with Crippen molar-refractivity contribution in [1.29, 1.82) is 5.26 Å². The Kier molecular flexibility index (Phi) is 8.11. The number of nitriles is 1. The summed E-state index contributed by atoms with van der Waals surface area (Å²) in [4.78, 5) is 5.57. The third-order valence-electron chi connectivity index (χ3n) is 12.1. The molecule has 2 heterocycles. The fraction of sp³-hybridized carbons (Fsp3) is 0.185. The van der Waals surface area contributed by atoms with Gasteiger partial charge in [0.15, 0.2) is 0 Å². The fourth-order valence-corrected chi connectivity index (χ4v) is 8.95. The quantitative estimate of drug-likeness (QED) is 0.165. The van der Waals surface area contributed by atoms with Gasteiger partial charge in [0, 0.05) is 16.2 Å². The molecule has 0 saturated heterocycles. The topological polar surface area (TPSA) is 54.8 Å². The van der Waals surface area contributed by atoms with Gasteiger partial charge in [0.2, 0.25) is 0 Å². The van der Waals surface area contributed by atoms with Crippen LogP contribution in [0.4, 0.5) is 0 Å². The summed E-state index contributed by atoms with van der Waals surface area (Å²) in [7, 11) is 0. The van der Waals surface area contributed by atoms with Crippen molar-refractivity contribution in [2.45, 2.75) is 65.7 Å². The Labute approximate surface area is 339 Å². The summed E-state index contributed by atoms with van der Waals surface area (Å²) in [6.07, 6.45) is 0. The van der Waals surface area contributed by atoms with Crippen molar-refractivity contribution in [2.24, 2.45) is 0 Å². The first-order chi connectivity index (χ1) is 28.0. The molecular weight excluding hydrogens is 707 g/mol. The molecular formula is C54H45N3O. The molecule has 0 aliphatic rings. The molecule has 0 spiro atoms. The van der Waals surface area contributed by atoms with E-state index < -0.39 is 0 Å². The standard InChI is InChI=1S/C54H45N3O/c1-31(2)44-26-38(34-19-22-39(23-20-34)54(5,6)7)27-45(32(3)4)50(44)57-49-29-46-37(18-17-35-11-8-9-12-40(35)46)28-48(49)56-53(57)43-14-10-13-41-42-24-21-36-16-15-33(30-55)25-47(36)52(42)58-51(41)43/h8-29,31-32H,1-7H3. The van der Waals surface area contributed by atoms with E-state index in [1.807, 2.05) is 18.2 Å². The van der Waals surface area contributed by atoms with Gasteiger partial charge in [-0.25, -0.2) is 4.98 Å². The first kappa shape index (κ1) is 35.7. The van der Waals surface area contributed by atoms with Gasteiger partial charge >= 0.3 is 0 Å². The van der Waals surface area contributed by atoms with E-state index in [2.05, 4.69) is 174 Å². The zero-order chi connectivity index (χ0) is 40.0. The van der Waals surface area contributed by atoms with E-state index in [9.17, 15) is 5.26 Å². The first-order valence-electron chi connectivity index (χ1n) is 20.4. The molecule has 282 valence electrons. The molecule has 0 fully saturated rings. The van der Waals surface area contributed by atoms with Crippen LogP contribution in [0.1, 0.15) is 82.6 Å². The van der Waals surface area contributed by atoms with Gasteiger partial charge in [-0.3, -0.25) is 4.57 Å². The minimum absolute atomic E-state index is 0.0817. The zero-order valence-corrected chi connectivity index (χ0v) is 34.1. The number of fused-ring (bicyclic) bond motifs is 9. The first-order valence-corrected chi connectivity index (χ1v) is 20.4. The summed E-state index contributed by atoms with van der Waals surface area (Å²) >= 11 is 0. The number of aromatic nitrogens is 2. The Hall–Kier alpha value is -6.70. The molecule has 0 saturated carbocycles. The average Bonchev–Trinajstić information content (AvgIpc) is 3.80. The minimum Gasteiger partial charge on any atom is -0.455 e. The molecule has 0 radical (unpaired) electrons. The molecule has 0 aliphatic heterocycles. The number of hydrogen-bond acceptors (Lipinski definition) is 3. The Morgan fingerprint density at radius 1 is 0.586 bits per heavy atom. The molecule has 58 heavy (non-hydrogen) atoms. The molecule has 2 aromatic heterocycles. The van der Waals surface area contributed by atoms with E-state index in [4.69, 9.17) is 9.40 Å². The molecule has 10 rings (SSSR count). The number of imidazole rings is 1. The average molecular weight is 752 g/mol. The van der Waals surface area contributed by atoms with Gasteiger partial charge in [0.25, 0.3) is 0 Å². The Bertz CT molecular complexity index is 3300. The SMILES string of the molecule is CC(C)c1cc(-c2ccc(C(C)(C)C)cc2)cc(C(C)C)c1-n1c(-c2cccc3c2oc2c4cc(C#N)ccc4ccc32)nc2cc3ccc4ccccc4c3cc21. The Morgan fingerprint density at radius 3 is 1.97 bits per heavy atom. The van der Waals surface area contributed by atoms with Crippen molar-refractivity contribution in [2.75, 3.05) is 0 Å². The number of nitrogens with zero attached hydrogens (tertiary/aromatic N) is 3. The fourth-order valence-electron chi connectivity index (χ4n) is 8.95. The second kappa shape index (κ2) is 13.2. The molecule has 0 bridgehead atoms. The molecule has 4 heteroatoms. The summed E-state index contributed by atoms with van der Waals surface area (Å²) in [5, 5.41) is 18.6. The Morgan fingerprint density at radius 2 is 1.24 bits per heavy atom. The maximum Gasteiger partial charge on any atom is 0.149 e. The highest BCUT2D eigenvalue weighted by molar-refractivity contribution is 6.18. The summed E-state index contributed by atoms with van der Waals surface area (Å²) < 4.78 is 9.41. The number of para-hydroxylation sites is 1. The number of hydrogen-bond donors (Lipinski definition) is 0. The van der Waals surface area contributed by atoms with E-state index in [1.165, 1.54) is 49.7 Å². The highest BCUT2D eigenvalue weighted by atomic mass is 16.3. The van der Waals surface area contributed by atoms with Crippen LogP contribution in [0.2, 0.25) is 0 Å². The van der Waals surface area contributed by atoms with Crippen LogP contribution in [0.5, 0.6) is 0 Å². The third-order valence-corrected chi connectivity index (χ3v) is 12.1. The summed E-state index contributed by atoms with van der Waals surface area (Å²) in [6, 6.07) is 50.4. The van der Waals surface area contributed by atoms with Gasteiger partial charge in [-0.15, -0.1) is 0 Å². The number of rotatable bonds is 5. The van der Waals surface area contributed by atoms with Gasteiger partial charge < -0.3 is 4.42 Å². The van der Waals surface area contributed by atoms with Gasteiger partial charge in [-0.1, -0.05) is 133 Å². The van der Waals surface area contributed by atoms with E-state index in [1.54, 1.807) is 0 Å². The number of benzene rings is 8.